The molecule has 3 rings (SSSR count). The lowest BCUT2D eigenvalue weighted by Gasteiger charge is -2.09. The number of hydrogen-bond acceptors (Lipinski definition) is 4. The standard InChI is InChI=1S/C20H17F3N2O4/c1-28-11-9-14-12-16(17-4-2-3-10-25(14)17)18(26)19(27)24-13-5-7-15(8-6-13)29-20(21,22)23/h2-8,10,12H,9,11H2,1H3,(H,24,27). The van der Waals surface area contributed by atoms with Crippen LogP contribution in [0.4, 0.5) is 18.9 Å². The van der Waals surface area contributed by atoms with E-state index in [4.69, 9.17) is 4.74 Å². The second-order valence-corrected chi connectivity index (χ2v) is 6.10. The van der Waals surface area contributed by atoms with Crippen molar-refractivity contribution in [3.05, 3.63) is 66.0 Å². The number of Topliss-reactive ketones (excluding diaryl/α,β-unsaturated/α-hetero) is 1. The number of fused-ring (bicyclic) bond motifs is 1. The summed E-state index contributed by atoms with van der Waals surface area (Å²) in [4.78, 5) is 25.1. The van der Waals surface area contributed by atoms with Crippen molar-refractivity contribution in [3.63, 3.8) is 0 Å². The maximum absolute atomic E-state index is 12.7. The number of amides is 1. The summed E-state index contributed by atoms with van der Waals surface area (Å²) in [6.45, 7) is 0.452. The zero-order chi connectivity index (χ0) is 21.0. The fourth-order valence-corrected chi connectivity index (χ4v) is 2.85. The topological polar surface area (TPSA) is 69.0 Å². The van der Waals surface area contributed by atoms with Crippen LogP contribution >= 0.6 is 0 Å². The minimum Gasteiger partial charge on any atom is -0.406 e. The van der Waals surface area contributed by atoms with Crippen LogP contribution in [0.15, 0.2) is 54.7 Å². The summed E-state index contributed by atoms with van der Waals surface area (Å²) in [5, 5.41) is 2.39. The van der Waals surface area contributed by atoms with Crippen molar-refractivity contribution in [2.75, 3.05) is 19.0 Å². The highest BCUT2D eigenvalue weighted by Crippen LogP contribution is 2.24. The maximum atomic E-state index is 12.7. The summed E-state index contributed by atoms with van der Waals surface area (Å²) < 4.78 is 47.3. The Morgan fingerprint density at radius 3 is 2.48 bits per heavy atom. The normalized spacial score (nSPS) is 11.4. The number of rotatable bonds is 7. The van der Waals surface area contributed by atoms with E-state index in [1.54, 1.807) is 31.5 Å². The lowest BCUT2D eigenvalue weighted by molar-refractivity contribution is -0.274. The molecule has 152 valence electrons. The molecule has 0 aliphatic rings. The zero-order valence-electron chi connectivity index (χ0n) is 15.3. The average molecular weight is 406 g/mol. The van der Waals surface area contributed by atoms with Crippen LogP contribution in [0.1, 0.15) is 16.1 Å². The number of methoxy groups -OCH3 is 1. The Balaban J connectivity index is 1.77. The molecule has 0 saturated carbocycles. The second kappa shape index (κ2) is 8.36. The van der Waals surface area contributed by atoms with Gasteiger partial charge in [-0.15, -0.1) is 13.2 Å². The number of halogens is 3. The van der Waals surface area contributed by atoms with E-state index in [9.17, 15) is 22.8 Å². The molecule has 0 fully saturated rings. The number of aromatic nitrogens is 1. The van der Waals surface area contributed by atoms with Gasteiger partial charge in [0.25, 0.3) is 11.7 Å². The Labute approximate surface area is 163 Å². The summed E-state index contributed by atoms with van der Waals surface area (Å²) in [7, 11) is 1.57. The van der Waals surface area contributed by atoms with Crippen LogP contribution in [0.25, 0.3) is 5.52 Å². The van der Waals surface area contributed by atoms with Gasteiger partial charge in [0, 0.05) is 31.1 Å². The molecule has 0 aliphatic carbocycles. The molecule has 0 unspecified atom stereocenters. The monoisotopic (exact) mass is 406 g/mol. The fraction of sp³-hybridized carbons (Fsp3) is 0.200. The number of nitrogens with zero attached hydrogens (tertiary/aromatic N) is 1. The molecule has 0 bridgehead atoms. The molecular formula is C20H17F3N2O4. The molecule has 0 atom stereocenters. The summed E-state index contributed by atoms with van der Waals surface area (Å²) >= 11 is 0. The predicted octanol–water partition coefficient (Wildman–Crippen LogP) is 3.85. The van der Waals surface area contributed by atoms with E-state index in [1.807, 2.05) is 10.5 Å². The van der Waals surface area contributed by atoms with Crippen molar-refractivity contribution >= 4 is 22.9 Å². The highest BCUT2D eigenvalue weighted by atomic mass is 19.4. The minimum absolute atomic E-state index is 0.168. The van der Waals surface area contributed by atoms with Gasteiger partial charge in [0.1, 0.15) is 5.75 Å². The van der Waals surface area contributed by atoms with Crippen molar-refractivity contribution in [3.8, 4) is 5.75 Å². The van der Waals surface area contributed by atoms with E-state index >= 15 is 0 Å². The second-order valence-electron chi connectivity index (χ2n) is 6.10. The SMILES string of the molecule is COCCc1cc(C(=O)C(=O)Nc2ccc(OC(F)(F)F)cc2)c2ccccn12. The van der Waals surface area contributed by atoms with E-state index in [-0.39, 0.29) is 11.3 Å². The molecular weight excluding hydrogens is 389 g/mol. The summed E-state index contributed by atoms with van der Waals surface area (Å²) in [6.07, 6.45) is -2.47. The molecule has 0 radical (unpaired) electrons. The molecule has 3 aromatic rings. The Kier molecular flexibility index (Phi) is 5.88. The third kappa shape index (κ3) is 4.94. The number of benzene rings is 1. The molecule has 1 amide bonds. The van der Waals surface area contributed by atoms with Crippen LogP contribution in [-0.4, -0.2) is 36.2 Å². The quantitative estimate of drug-likeness (QED) is 0.478. The van der Waals surface area contributed by atoms with Crippen molar-refractivity contribution in [2.24, 2.45) is 0 Å². The van der Waals surface area contributed by atoms with Gasteiger partial charge in [0.2, 0.25) is 0 Å². The number of ether oxygens (including phenoxy) is 2. The van der Waals surface area contributed by atoms with Gasteiger partial charge in [-0.2, -0.15) is 0 Å². The van der Waals surface area contributed by atoms with E-state index in [1.165, 1.54) is 12.1 Å². The largest absolute Gasteiger partial charge is 0.573 e. The van der Waals surface area contributed by atoms with E-state index in [0.29, 0.717) is 18.5 Å². The lowest BCUT2D eigenvalue weighted by Crippen LogP contribution is -2.22. The zero-order valence-corrected chi connectivity index (χ0v) is 15.3. The highest BCUT2D eigenvalue weighted by molar-refractivity contribution is 6.47. The highest BCUT2D eigenvalue weighted by Gasteiger charge is 2.31. The van der Waals surface area contributed by atoms with Gasteiger partial charge < -0.3 is 19.2 Å². The average Bonchev–Trinajstić information content (AvgIpc) is 3.05. The summed E-state index contributed by atoms with van der Waals surface area (Å²) in [5.41, 5.74) is 1.78. The van der Waals surface area contributed by atoms with Crippen molar-refractivity contribution in [1.82, 2.24) is 4.40 Å². The predicted molar refractivity (Wildman–Crippen MR) is 99.1 cm³/mol. The molecule has 0 spiro atoms. The van der Waals surface area contributed by atoms with E-state index in [2.05, 4.69) is 10.1 Å². The van der Waals surface area contributed by atoms with Crippen LogP contribution in [0, 0.1) is 0 Å². The van der Waals surface area contributed by atoms with E-state index in [0.717, 1.165) is 17.8 Å². The van der Waals surface area contributed by atoms with Gasteiger partial charge in [-0.1, -0.05) is 6.07 Å². The van der Waals surface area contributed by atoms with Crippen molar-refractivity contribution < 1.29 is 32.2 Å². The number of hydrogen-bond donors (Lipinski definition) is 1. The molecule has 1 N–H and O–H groups in total. The third-order valence-corrected chi connectivity index (χ3v) is 4.12. The number of pyridine rings is 1. The summed E-state index contributed by atoms with van der Waals surface area (Å²) in [6, 6.07) is 11.4. The number of ketones is 1. The first-order valence-electron chi connectivity index (χ1n) is 8.58. The first-order valence-corrected chi connectivity index (χ1v) is 8.58. The number of anilines is 1. The molecule has 1 aromatic carbocycles. The number of carbonyl (C=O) groups excluding carboxylic acids is 2. The van der Waals surface area contributed by atoms with Gasteiger partial charge in [-0.3, -0.25) is 9.59 Å². The van der Waals surface area contributed by atoms with Crippen LogP contribution < -0.4 is 10.1 Å². The maximum Gasteiger partial charge on any atom is 0.573 e. The number of alkyl halides is 3. The molecule has 29 heavy (non-hydrogen) atoms. The fourth-order valence-electron chi connectivity index (χ4n) is 2.85. The Bertz CT molecular complexity index is 1030. The van der Waals surface area contributed by atoms with Crippen LogP contribution in [0.3, 0.4) is 0 Å². The van der Waals surface area contributed by atoms with Gasteiger partial charge >= 0.3 is 6.36 Å². The Hall–Kier alpha value is -3.33. The Morgan fingerprint density at radius 1 is 1.10 bits per heavy atom. The smallest absolute Gasteiger partial charge is 0.406 e. The molecule has 2 heterocycles. The van der Waals surface area contributed by atoms with Crippen LogP contribution in [0.5, 0.6) is 5.75 Å². The minimum atomic E-state index is -4.81. The van der Waals surface area contributed by atoms with E-state index < -0.39 is 23.8 Å². The first-order chi connectivity index (χ1) is 13.8. The van der Waals surface area contributed by atoms with Gasteiger partial charge in [0.15, 0.2) is 0 Å². The lowest BCUT2D eigenvalue weighted by atomic mass is 10.1. The van der Waals surface area contributed by atoms with Crippen LogP contribution in [0.2, 0.25) is 0 Å². The number of nitrogens with one attached hydrogen (secondary N) is 1. The molecule has 0 aliphatic heterocycles. The number of carbonyl (C=O) groups is 2. The van der Waals surface area contributed by atoms with Gasteiger partial charge in [0.05, 0.1) is 17.7 Å². The molecule has 6 nitrogen and oxygen atoms in total. The Morgan fingerprint density at radius 2 is 1.83 bits per heavy atom. The van der Waals surface area contributed by atoms with Gasteiger partial charge in [-0.05, 0) is 42.5 Å². The molecule has 2 aromatic heterocycles. The summed E-state index contributed by atoms with van der Waals surface area (Å²) in [5.74, 6) is -2.08. The van der Waals surface area contributed by atoms with Crippen LogP contribution in [-0.2, 0) is 16.0 Å². The first kappa shape index (κ1) is 20.4. The third-order valence-electron chi connectivity index (χ3n) is 4.12. The van der Waals surface area contributed by atoms with Gasteiger partial charge in [-0.25, -0.2) is 0 Å². The molecule has 9 heteroatoms. The van der Waals surface area contributed by atoms with Crippen molar-refractivity contribution in [1.29, 1.82) is 0 Å². The van der Waals surface area contributed by atoms with Crippen molar-refractivity contribution in [2.45, 2.75) is 12.8 Å². The molecule has 0 saturated heterocycles.